The molecule has 0 bridgehead atoms. The first-order valence-electron chi connectivity index (χ1n) is 8.73. The van der Waals surface area contributed by atoms with Crippen LogP contribution in [-0.2, 0) is 6.42 Å². The van der Waals surface area contributed by atoms with Gasteiger partial charge < -0.3 is 5.21 Å². The largest absolute Gasteiger partial charge is 0.411 e. The van der Waals surface area contributed by atoms with Crippen molar-refractivity contribution in [3.8, 4) is 11.1 Å². The zero-order valence-electron chi connectivity index (χ0n) is 13.7. The van der Waals surface area contributed by atoms with E-state index < -0.39 is 0 Å². The monoisotopic (exact) mass is 319 g/mol. The number of hydrogen-bond donors (Lipinski definition) is 1. The highest BCUT2D eigenvalue weighted by Crippen LogP contribution is 2.37. The van der Waals surface area contributed by atoms with Crippen LogP contribution in [0.2, 0.25) is 0 Å². The van der Waals surface area contributed by atoms with Crippen LogP contribution < -0.4 is 0 Å². The summed E-state index contributed by atoms with van der Waals surface area (Å²) in [5.41, 5.74) is 5.89. The van der Waals surface area contributed by atoms with Crippen molar-refractivity contribution in [1.29, 1.82) is 0 Å². The highest BCUT2D eigenvalue weighted by molar-refractivity contribution is 6.46. The highest BCUT2D eigenvalue weighted by atomic mass is 16.4. The van der Waals surface area contributed by atoms with Gasteiger partial charge in [-0.1, -0.05) is 67.2 Å². The maximum Gasteiger partial charge on any atom is 0.210 e. The summed E-state index contributed by atoms with van der Waals surface area (Å²) in [4.78, 5) is 12.7. The SMILES string of the molecule is O=C(C(CC1CCCC1)=NO)c1ccc2c(c1)Cc1ccccc1-2. The fourth-order valence-corrected chi connectivity index (χ4v) is 4.12. The zero-order chi connectivity index (χ0) is 16.5. The van der Waals surface area contributed by atoms with E-state index in [-0.39, 0.29) is 5.78 Å². The summed E-state index contributed by atoms with van der Waals surface area (Å²) in [6.45, 7) is 0. The molecule has 2 aromatic carbocycles. The summed E-state index contributed by atoms with van der Waals surface area (Å²) < 4.78 is 0. The third-order valence-corrected chi connectivity index (χ3v) is 5.40. The Morgan fingerprint density at radius 3 is 2.58 bits per heavy atom. The van der Waals surface area contributed by atoms with Gasteiger partial charge in [0.1, 0.15) is 5.71 Å². The van der Waals surface area contributed by atoms with E-state index in [1.165, 1.54) is 35.1 Å². The van der Waals surface area contributed by atoms with Crippen molar-refractivity contribution >= 4 is 11.5 Å². The Morgan fingerprint density at radius 2 is 1.79 bits per heavy atom. The van der Waals surface area contributed by atoms with Crippen molar-refractivity contribution < 1.29 is 10.0 Å². The van der Waals surface area contributed by atoms with E-state index in [1.54, 1.807) is 0 Å². The van der Waals surface area contributed by atoms with Gasteiger partial charge in [0.15, 0.2) is 0 Å². The van der Waals surface area contributed by atoms with Gasteiger partial charge in [-0.15, -0.1) is 0 Å². The molecule has 0 atom stereocenters. The number of benzene rings is 2. The summed E-state index contributed by atoms with van der Waals surface area (Å²) >= 11 is 0. The van der Waals surface area contributed by atoms with E-state index in [1.807, 2.05) is 24.3 Å². The summed E-state index contributed by atoms with van der Waals surface area (Å²) in [5.74, 6) is 0.349. The topological polar surface area (TPSA) is 49.7 Å². The van der Waals surface area contributed by atoms with Crippen molar-refractivity contribution in [2.45, 2.75) is 38.5 Å². The molecule has 0 aliphatic heterocycles. The molecule has 3 nitrogen and oxygen atoms in total. The molecule has 3 heteroatoms. The maximum absolute atomic E-state index is 12.7. The molecule has 2 aromatic rings. The van der Waals surface area contributed by atoms with Crippen LogP contribution in [0.4, 0.5) is 0 Å². The smallest absolute Gasteiger partial charge is 0.210 e. The van der Waals surface area contributed by atoms with Crippen LogP contribution in [0.5, 0.6) is 0 Å². The zero-order valence-corrected chi connectivity index (χ0v) is 13.7. The molecule has 0 heterocycles. The minimum absolute atomic E-state index is 0.136. The molecular formula is C21H21NO2. The minimum atomic E-state index is -0.136. The number of oxime groups is 1. The second-order valence-corrected chi connectivity index (χ2v) is 6.94. The first-order chi connectivity index (χ1) is 11.8. The van der Waals surface area contributed by atoms with Crippen LogP contribution in [0.25, 0.3) is 11.1 Å². The van der Waals surface area contributed by atoms with E-state index in [2.05, 4.69) is 23.4 Å². The van der Waals surface area contributed by atoms with E-state index in [0.29, 0.717) is 23.6 Å². The number of rotatable bonds is 4. The quantitative estimate of drug-likeness (QED) is 0.323. The van der Waals surface area contributed by atoms with E-state index >= 15 is 0 Å². The number of ketones is 1. The maximum atomic E-state index is 12.7. The molecule has 0 spiro atoms. The third kappa shape index (κ3) is 2.64. The van der Waals surface area contributed by atoms with Gasteiger partial charge >= 0.3 is 0 Å². The van der Waals surface area contributed by atoms with Crippen LogP contribution >= 0.6 is 0 Å². The van der Waals surface area contributed by atoms with E-state index in [4.69, 9.17) is 0 Å². The molecule has 1 N–H and O–H groups in total. The van der Waals surface area contributed by atoms with E-state index in [9.17, 15) is 10.0 Å². The van der Waals surface area contributed by atoms with Crippen molar-refractivity contribution in [3.05, 3.63) is 59.2 Å². The predicted octanol–water partition coefficient (Wildman–Crippen LogP) is 4.85. The summed E-state index contributed by atoms with van der Waals surface area (Å²) in [5, 5.41) is 12.6. The minimum Gasteiger partial charge on any atom is -0.411 e. The summed E-state index contributed by atoms with van der Waals surface area (Å²) in [6.07, 6.45) is 6.15. The van der Waals surface area contributed by atoms with Gasteiger partial charge in [-0.2, -0.15) is 0 Å². The number of nitrogens with zero attached hydrogens (tertiary/aromatic N) is 1. The molecule has 0 unspecified atom stereocenters. The molecule has 1 saturated carbocycles. The molecule has 24 heavy (non-hydrogen) atoms. The molecule has 2 aliphatic rings. The van der Waals surface area contributed by atoms with Crippen LogP contribution in [0.15, 0.2) is 47.6 Å². The van der Waals surface area contributed by atoms with Gasteiger partial charge in [0.25, 0.3) is 0 Å². The molecule has 2 aliphatic carbocycles. The highest BCUT2D eigenvalue weighted by Gasteiger charge is 2.24. The van der Waals surface area contributed by atoms with Gasteiger partial charge in [-0.05, 0) is 47.1 Å². The first kappa shape index (κ1) is 15.1. The van der Waals surface area contributed by atoms with Crippen molar-refractivity contribution in [1.82, 2.24) is 0 Å². The molecule has 1 fully saturated rings. The summed E-state index contributed by atoms with van der Waals surface area (Å²) in [6, 6.07) is 14.2. The second-order valence-electron chi connectivity index (χ2n) is 6.94. The predicted molar refractivity (Wildman–Crippen MR) is 94.8 cm³/mol. The van der Waals surface area contributed by atoms with E-state index in [0.717, 1.165) is 19.3 Å². The van der Waals surface area contributed by atoms with Crippen LogP contribution in [0.3, 0.4) is 0 Å². The van der Waals surface area contributed by atoms with Gasteiger partial charge in [-0.3, -0.25) is 4.79 Å². The fraction of sp³-hybridized carbons (Fsp3) is 0.333. The molecule has 0 saturated heterocycles. The molecule has 0 aromatic heterocycles. The lowest BCUT2D eigenvalue weighted by atomic mass is 9.94. The Hall–Kier alpha value is -2.42. The second kappa shape index (κ2) is 6.23. The van der Waals surface area contributed by atoms with Crippen LogP contribution in [-0.4, -0.2) is 16.7 Å². The Morgan fingerprint density at radius 1 is 1.04 bits per heavy atom. The number of carbonyl (C=O) groups is 1. The Bertz CT molecular complexity index is 816. The lowest BCUT2D eigenvalue weighted by molar-refractivity contribution is 0.105. The van der Waals surface area contributed by atoms with Gasteiger partial charge in [0.05, 0.1) is 0 Å². The fourth-order valence-electron chi connectivity index (χ4n) is 4.12. The average molecular weight is 319 g/mol. The molecule has 0 amide bonds. The Balaban J connectivity index is 1.58. The molecule has 0 radical (unpaired) electrons. The van der Waals surface area contributed by atoms with Crippen LogP contribution in [0.1, 0.15) is 53.6 Å². The molecule has 122 valence electrons. The Kier molecular flexibility index (Phi) is 3.93. The lowest BCUT2D eigenvalue weighted by Gasteiger charge is -2.10. The lowest BCUT2D eigenvalue weighted by Crippen LogP contribution is -2.18. The summed E-state index contributed by atoms with van der Waals surface area (Å²) in [7, 11) is 0. The van der Waals surface area contributed by atoms with Crippen molar-refractivity contribution in [2.75, 3.05) is 0 Å². The van der Waals surface area contributed by atoms with Crippen molar-refractivity contribution in [2.24, 2.45) is 11.1 Å². The van der Waals surface area contributed by atoms with Gasteiger partial charge in [-0.25, -0.2) is 0 Å². The Labute approximate surface area is 142 Å². The standard InChI is InChI=1S/C21H21NO2/c23-21(20(22-24)11-14-5-1-2-6-14)16-9-10-19-17(13-16)12-15-7-3-4-8-18(15)19/h3-4,7-10,13-14,24H,1-2,5-6,11-12H2. The first-order valence-corrected chi connectivity index (χ1v) is 8.73. The van der Waals surface area contributed by atoms with Gasteiger partial charge in [0, 0.05) is 5.56 Å². The molecule has 4 rings (SSSR count). The number of carbonyl (C=O) groups excluding carboxylic acids is 1. The van der Waals surface area contributed by atoms with Crippen LogP contribution in [0, 0.1) is 5.92 Å². The third-order valence-electron chi connectivity index (χ3n) is 5.40. The average Bonchev–Trinajstić information content (AvgIpc) is 3.25. The number of Topliss-reactive ketones (excluding diaryl/α,β-unsaturated/α-hetero) is 1. The van der Waals surface area contributed by atoms with Crippen molar-refractivity contribution in [3.63, 3.8) is 0 Å². The number of hydrogen-bond acceptors (Lipinski definition) is 3. The number of fused-ring (bicyclic) bond motifs is 3. The normalized spacial score (nSPS) is 16.9. The van der Waals surface area contributed by atoms with Gasteiger partial charge in [0.2, 0.25) is 5.78 Å². The molecular weight excluding hydrogens is 298 g/mol.